The molecule has 166 valence electrons. The normalized spacial score (nSPS) is 10.5. The number of aromatic nitrogens is 1. The van der Waals surface area contributed by atoms with Crippen LogP contribution in [0.25, 0.3) is 11.3 Å². The topological polar surface area (TPSA) is 66.1 Å². The molecule has 4 aromatic rings. The molecular weight excluding hydrogens is 469 g/mol. The van der Waals surface area contributed by atoms with Gasteiger partial charge in [-0.2, -0.15) is 0 Å². The standard InChI is InChI=1S/C25H22N4OS3/c1-17-23(18-9-4-2-5-10-18)29-25(33-17)28-22(30)16-32-21-14-8-13-20(15-21)27-24(31)26-19-11-6-3-7-12-19/h2-15H,16H2,1H3,(H2,26,27,31)(H,28,29,30). The van der Waals surface area contributed by atoms with Gasteiger partial charge in [-0.25, -0.2) is 4.98 Å². The summed E-state index contributed by atoms with van der Waals surface area (Å²) >= 11 is 8.34. The van der Waals surface area contributed by atoms with Crippen molar-refractivity contribution in [1.82, 2.24) is 4.98 Å². The predicted octanol–water partition coefficient (Wildman–Crippen LogP) is 6.66. The van der Waals surface area contributed by atoms with Crippen molar-refractivity contribution < 1.29 is 4.79 Å². The van der Waals surface area contributed by atoms with E-state index in [1.807, 2.05) is 91.9 Å². The van der Waals surface area contributed by atoms with Crippen LogP contribution in [0.4, 0.5) is 16.5 Å². The highest BCUT2D eigenvalue weighted by Gasteiger charge is 2.12. The number of thiazole rings is 1. The zero-order valence-corrected chi connectivity index (χ0v) is 20.3. The molecule has 0 atom stereocenters. The van der Waals surface area contributed by atoms with E-state index >= 15 is 0 Å². The van der Waals surface area contributed by atoms with Crippen LogP contribution in [-0.4, -0.2) is 21.8 Å². The van der Waals surface area contributed by atoms with Gasteiger partial charge in [0.25, 0.3) is 0 Å². The predicted molar refractivity (Wildman–Crippen MR) is 144 cm³/mol. The van der Waals surface area contributed by atoms with Gasteiger partial charge in [-0.15, -0.1) is 23.1 Å². The van der Waals surface area contributed by atoms with Crippen LogP contribution >= 0.6 is 35.3 Å². The molecule has 0 spiro atoms. The van der Waals surface area contributed by atoms with Crippen molar-refractivity contribution in [2.24, 2.45) is 0 Å². The average molecular weight is 491 g/mol. The summed E-state index contributed by atoms with van der Waals surface area (Å²) in [7, 11) is 0. The van der Waals surface area contributed by atoms with E-state index in [9.17, 15) is 4.79 Å². The van der Waals surface area contributed by atoms with Gasteiger partial charge in [0.15, 0.2) is 10.2 Å². The molecule has 1 aromatic heterocycles. The fraction of sp³-hybridized carbons (Fsp3) is 0.0800. The summed E-state index contributed by atoms with van der Waals surface area (Å²) in [5.41, 5.74) is 3.73. The van der Waals surface area contributed by atoms with Crippen molar-refractivity contribution in [1.29, 1.82) is 0 Å². The van der Waals surface area contributed by atoms with Crippen molar-refractivity contribution in [2.75, 3.05) is 21.7 Å². The lowest BCUT2D eigenvalue weighted by Gasteiger charge is -2.11. The smallest absolute Gasteiger partial charge is 0.236 e. The van der Waals surface area contributed by atoms with Gasteiger partial charge in [-0.3, -0.25) is 4.79 Å². The van der Waals surface area contributed by atoms with E-state index in [0.717, 1.165) is 32.4 Å². The molecule has 0 unspecified atom stereocenters. The van der Waals surface area contributed by atoms with Gasteiger partial charge in [-0.05, 0) is 49.5 Å². The number of carbonyl (C=O) groups is 1. The van der Waals surface area contributed by atoms with E-state index in [0.29, 0.717) is 10.2 Å². The Hall–Kier alpha value is -3.20. The van der Waals surface area contributed by atoms with E-state index in [1.165, 1.54) is 23.1 Å². The molecule has 0 saturated heterocycles. The van der Waals surface area contributed by atoms with E-state index in [4.69, 9.17) is 12.2 Å². The number of aryl methyl sites for hydroxylation is 1. The zero-order chi connectivity index (χ0) is 23.0. The number of rotatable bonds is 7. The van der Waals surface area contributed by atoms with Gasteiger partial charge in [0.2, 0.25) is 5.91 Å². The Kier molecular flexibility index (Phi) is 7.72. The molecule has 3 N–H and O–H groups in total. The fourth-order valence-corrected chi connectivity index (χ4v) is 4.94. The van der Waals surface area contributed by atoms with Crippen LogP contribution in [-0.2, 0) is 4.79 Å². The maximum Gasteiger partial charge on any atom is 0.236 e. The molecule has 1 heterocycles. The maximum absolute atomic E-state index is 12.5. The molecule has 1 amide bonds. The van der Waals surface area contributed by atoms with E-state index in [2.05, 4.69) is 20.9 Å². The Labute approximate surface area is 206 Å². The van der Waals surface area contributed by atoms with Crippen LogP contribution in [0.3, 0.4) is 0 Å². The van der Waals surface area contributed by atoms with Crippen LogP contribution in [0, 0.1) is 6.92 Å². The number of hydrogen-bond donors (Lipinski definition) is 3. The van der Waals surface area contributed by atoms with Crippen LogP contribution in [0.2, 0.25) is 0 Å². The number of thiocarbonyl (C=S) groups is 1. The van der Waals surface area contributed by atoms with Crippen LogP contribution in [0.15, 0.2) is 89.8 Å². The zero-order valence-electron chi connectivity index (χ0n) is 17.9. The van der Waals surface area contributed by atoms with Crippen LogP contribution < -0.4 is 16.0 Å². The van der Waals surface area contributed by atoms with E-state index < -0.39 is 0 Å². The molecule has 0 radical (unpaired) electrons. The second kappa shape index (κ2) is 11.1. The van der Waals surface area contributed by atoms with Gasteiger partial charge in [0, 0.05) is 26.7 Å². The number of anilines is 3. The number of thioether (sulfide) groups is 1. The van der Waals surface area contributed by atoms with Crippen molar-refractivity contribution in [3.05, 3.63) is 89.8 Å². The molecule has 5 nitrogen and oxygen atoms in total. The van der Waals surface area contributed by atoms with Gasteiger partial charge in [-0.1, -0.05) is 54.6 Å². The first kappa shape index (κ1) is 23.0. The lowest BCUT2D eigenvalue weighted by molar-refractivity contribution is -0.113. The second-order valence-electron chi connectivity index (χ2n) is 7.10. The second-order valence-corrected chi connectivity index (χ2v) is 9.76. The molecular formula is C25H22N4OS3. The fourth-order valence-electron chi connectivity index (χ4n) is 3.10. The van der Waals surface area contributed by atoms with Crippen LogP contribution in [0.1, 0.15) is 4.88 Å². The Morgan fingerprint density at radius 1 is 0.909 bits per heavy atom. The molecule has 0 aliphatic carbocycles. The quantitative estimate of drug-likeness (QED) is 0.199. The Bertz CT molecular complexity index is 1240. The minimum atomic E-state index is -0.0898. The Morgan fingerprint density at radius 3 is 2.33 bits per heavy atom. The first-order chi connectivity index (χ1) is 16.1. The summed E-state index contributed by atoms with van der Waals surface area (Å²) in [6.07, 6.45) is 0. The first-order valence-corrected chi connectivity index (χ1v) is 12.5. The summed E-state index contributed by atoms with van der Waals surface area (Å²) in [5.74, 6) is 0.197. The van der Waals surface area contributed by atoms with Crippen molar-refractivity contribution in [3.8, 4) is 11.3 Å². The Balaban J connectivity index is 1.30. The third-order valence-electron chi connectivity index (χ3n) is 4.58. The molecule has 0 aliphatic rings. The minimum absolute atomic E-state index is 0.0898. The molecule has 3 aromatic carbocycles. The van der Waals surface area contributed by atoms with Crippen molar-refractivity contribution >= 4 is 62.8 Å². The van der Waals surface area contributed by atoms with Gasteiger partial charge < -0.3 is 16.0 Å². The summed E-state index contributed by atoms with van der Waals surface area (Å²) < 4.78 is 0. The van der Waals surface area contributed by atoms with Gasteiger partial charge in [0.05, 0.1) is 11.4 Å². The summed E-state index contributed by atoms with van der Waals surface area (Å²) in [6, 6.07) is 27.5. The molecule has 4 rings (SSSR count). The lowest BCUT2D eigenvalue weighted by Crippen LogP contribution is -2.19. The van der Waals surface area contributed by atoms with Gasteiger partial charge in [0.1, 0.15) is 0 Å². The SMILES string of the molecule is Cc1sc(NC(=O)CSc2cccc(NC(=S)Nc3ccccc3)c2)nc1-c1ccccc1. The summed E-state index contributed by atoms with van der Waals surface area (Å²) in [6.45, 7) is 2.01. The number of carbonyl (C=O) groups excluding carboxylic acids is 1. The average Bonchev–Trinajstić information content (AvgIpc) is 3.19. The number of hydrogen-bond acceptors (Lipinski definition) is 5. The number of para-hydroxylation sites is 1. The third kappa shape index (κ3) is 6.64. The maximum atomic E-state index is 12.5. The monoisotopic (exact) mass is 490 g/mol. The highest BCUT2D eigenvalue weighted by Crippen LogP contribution is 2.30. The number of amides is 1. The van der Waals surface area contributed by atoms with E-state index in [1.54, 1.807) is 0 Å². The van der Waals surface area contributed by atoms with Crippen molar-refractivity contribution in [2.45, 2.75) is 11.8 Å². The van der Waals surface area contributed by atoms with E-state index in [-0.39, 0.29) is 11.7 Å². The molecule has 0 fully saturated rings. The number of nitrogens with zero attached hydrogens (tertiary/aromatic N) is 1. The largest absolute Gasteiger partial charge is 0.332 e. The molecule has 0 aliphatic heterocycles. The Morgan fingerprint density at radius 2 is 1.58 bits per heavy atom. The lowest BCUT2D eigenvalue weighted by atomic mass is 10.1. The summed E-state index contributed by atoms with van der Waals surface area (Å²) in [4.78, 5) is 19.1. The van der Waals surface area contributed by atoms with Crippen LogP contribution in [0.5, 0.6) is 0 Å². The molecule has 0 bridgehead atoms. The highest BCUT2D eigenvalue weighted by molar-refractivity contribution is 8.00. The van der Waals surface area contributed by atoms with Gasteiger partial charge >= 0.3 is 0 Å². The number of nitrogens with one attached hydrogen (secondary N) is 3. The first-order valence-electron chi connectivity index (χ1n) is 10.3. The molecule has 8 heteroatoms. The van der Waals surface area contributed by atoms with Crippen molar-refractivity contribution in [3.63, 3.8) is 0 Å². The molecule has 0 saturated carbocycles. The number of benzene rings is 3. The highest BCUT2D eigenvalue weighted by atomic mass is 32.2. The minimum Gasteiger partial charge on any atom is -0.332 e. The molecule has 33 heavy (non-hydrogen) atoms. The summed E-state index contributed by atoms with van der Waals surface area (Å²) in [5, 5.41) is 10.4. The third-order valence-corrected chi connectivity index (χ3v) is 6.67.